The lowest BCUT2D eigenvalue weighted by atomic mass is 9.97. The van der Waals surface area contributed by atoms with Crippen LogP contribution < -0.4 is 16.0 Å². The summed E-state index contributed by atoms with van der Waals surface area (Å²) in [6.45, 7) is 2.44. The van der Waals surface area contributed by atoms with Crippen molar-refractivity contribution in [3.8, 4) is 0 Å². The molecule has 2 aliphatic heterocycles. The molecule has 5 nitrogen and oxygen atoms in total. The fraction of sp³-hybridized carbons (Fsp3) is 1.00. The molecule has 0 radical (unpaired) electrons. The van der Waals surface area contributed by atoms with E-state index >= 15 is 0 Å². The number of rotatable bonds is 6. The van der Waals surface area contributed by atoms with Crippen molar-refractivity contribution in [3.63, 3.8) is 0 Å². The molecular formula is C14H29N3O2. The molecule has 0 aliphatic carbocycles. The third-order valence-electron chi connectivity index (χ3n) is 4.38. The molecule has 2 rings (SSSR count). The van der Waals surface area contributed by atoms with Crippen LogP contribution in [0.15, 0.2) is 0 Å². The molecule has 0 aromatic rings. The first-order valence-corrected chi connectivity index (χ1v) is 7.76. The maximum Gasteiger partial charge on any atom is 0.0584 e. The minimum absolute atomic E-state index is 0.249. The molecule has 2 heterocycles. The van der Waals surface area contributed by atoms with E-state index < -0.39 is 0 Å². The second-order valence-corrected chi connectivity index (χ2v) is 6.01. The van der Waals surface area contributed by atoms with Gasteiger partial charge in [-0.25, -0.2) is 0 Å². The monoisotopic (exact) mass is 271 g/mol. The van der Waals surface area contributed by atoms with Crippen molar-refractivity contribution in [2.24, 2.45) is 0 Å². The molecule has 5 N–H and O–H groups in total. The zero-order valence-corrected chi connectivity index (χ0v) is 11.8. The van der Waals surface area contributed by atoms with Crippen molar-refractivity contribution >= 4 is 0 Å². The number of hydrogen-bond donors (Lipinski definition) is 5. The number of nitrogens with one attached hydrogen (secondary N) is 3. The largest absolute Gasteiger partial charge is 0.395 e. The van der Waals surface area contributed by atoms with Crippen molar-refractivity contribution in [2.75, 3.05) is 26.3 Å². The van der Waals surface area contributed by atoms with E-state index in [1.807, 2.05) is 0 Å². The molecule has 0 spiro atoms. The van der Waals surface area contributed by atoms with Crippen LogP contribution in [0, 0.1) is 0 Å². The van der Waals surface area contributed by atoms with Gasteiger partial charge in [-0.15, -0.1) is 0 Å². The first-order chi connectivity index (χ1) is 9.31. The van der Waals surface area contributed by atoms with Crippen LogP contribution in [-0.2, 0) is 0 Å². The predicted octanol–water partition coefficient (Wildman–Crippen LogP) is -0.418. The molecule has 0 amide bonds. The molecule has 2 saturated heterocycles. The van der Waals surface area contributed by atoms with Gasteiger partial charge in [-0.2, -0.15) is 0 Å². The highest BCUT2D eigenvalue weighted by Crippen LogP contribution is 2.13. The van der Waals surface area contributed by atoms with Crippen LogP contribution in [0.4, 0.5) is 0 Å². The summed E-state index contributed by atoms with van der Waals surface area (Å²) < 4.78 is 0. The Hall–Kier alpha value is -0.200. The van der Waals surface area contributed by atoms with E-state index in [1.54, 1.807) is 0 Å². The second kappa shape index (κ2) is 8.17. The van der Waals surface area contributed by atoms with Gasteiger partial charge in [-0.1, -0.05) is 12.8 Å². The van der Waals surface area contributed by atoms with E-state index in [1.165, 1.54) is 25.7 Å². The second-order valence-electron chi connectivity index (χ2n) is 6.01. The zero-order valence-electron chi connectivity index (χ0n) is 11.8. The minimum atomic E-state index is 0.249. The van der Waals surface area contributed by atoms with Crippen LogP contribution in [0.2, 0.25) is 0 Å². The van der Waals surface area contributed by atoms with Gasteiger partial charge in [-0.05, 0) is 25.7 Å². The fourth-order valence-electron chi connectivity index (χ4n) is 3.26. The Labute approximate surface area is 116 Å². The van der Waals surface area contributed by atoms with Crippen LogP contribution >= 0.6 is 0 Å². The predicted molar refractivity (Wildman–Crippen MR) is 76.2 cm³/mol. The summed E-state index contributed by atoms with van der Waals surface area (Å²) in [6.07, 6.45) is 6.99. The van der Waals surface area contributed by atoms with Crippen LogP contribution in [0.25, 0.3) is 0 Å². The van der Waals surface area contributed by atoms with E-state index in [-0.39, 0.29) is 25.3 Å². The van der Waals surface area contributed by atoms with Gasteiger partial charge in [0.25, 0.3) is 0 Å². The minimum Gasteiger partial charge on any atom is -0.395 e. The van der Waals surface area contributed by atoms with E-state index in [2.05, 4.69) is 16.0 Å². The summed E-state index contributed by atoms with van der Waals surface area (Å²) in [5, 5.41) is 28.9. The Morgan fingerprint density at radius 2 is 1.16 bits per heavy atom. The Balaban J connectivity index is 1.60. The molecule has 2 aliphatic rings. The summed E-state index contributed by atoms with van der Waals surface area (Å²) >= 11 is 0. The van der Waals surface area contributed by atoms with Gasteiger partial charge in [0.15, 0.2) is 0 Å². The quantitative estimate of drug-likeness (QED) is 0.454. The summed E-state index contributed by atoms with van der Waals surface area (Å²) in [6, 6.07) is 1.55. The van der Waals surface area contributed by atoms with Gasteiger partial charge < -0.3 is 26.2 Å². The van der Waals surface area contributed by atoms with Gasteiger partial charge in [0.2, 0.25) is 0 Å². The molecule has 112 valence electrons. The third-order valence-corrected chi connectivity index (χ3v) is 4.38. The van der Waals surface area contributed by atoms with E-state index in [4.69, 9.17) is 0 Å². The van der Waals surface area contributed by atoms with Gasteiger partial charge in [0.05, 0.1) is 13.2 Å². The summed E-state index contributed by atoms with van der Waals surface area (Å²) in [5.41, 5.74) is 0. The lowest BCUT2D eigenvalue weighted by molar-refractivity contribution is 0.188. The first kappa shape index (κ1) is 15.2. The summed E-state index contributed by atoms with van der Waals surface area (Å²) in [5.74, 6) is 0. The highest BCUT2D eigenvalue weighted by Gasteiger charge is 2.22. The maximum atomic E-state index is 9.18. The van der Waals surface area contributed by atoms with Gasteiger partial charge in [-0.3, -0.25) is 0 Å². The van der Waals surface area contributed by atoms with Gasteiger partial charge in [0, 0.05) is 37.3 Å². The van der Waals surface area contributed by atoms with Crippen molar-refractivity contribution in [1.82, 2.24) is 16.0 Å². The van der Waals surface area contributed by atoms with E-state index in [0.717, 1.165) is 25.9 Å². The molecule has 19 heavy (non-hydrogen) atoms. The van der Waals surface area contributed by atoms with Crippen molar-refractivity contribution in [3.05, 3.63) is 0 Å². The third kappa shape index (κ3) is 5.00. The normalized spacial score (nSPS) is 36.3. The lowest BCUT2D eigenvalue weighted by Gasteiger charge is -2.32. The molecule has 0 bridgehead atoms. The SMILES string of the molecule is OCC1CCCC(CNCC2CCCC(CO)N2)N1. The molecule has 4 unspecified atom stereocenters. The lowest BCUT2D eigenvalue weighted by Crippen LogP contribution is -2.52. The topological polar surface area (TPSA) is 76.5 Å². The van der Waals surface area contributed by atoms with Gasteiger partial charge in [0.1, 0.15) is 0 Å². The smallest absolute Gasteiger partial charge is 0.0584 e. The standard InChI is InChI=1S/C14H29N3O2/c18-9-13-5-1-3-11(16-13)7-15-8-12-4-2-6-14(10-19)17-12/h11-19H,1-10H2. The number of hydrogen-bond acceptors (Lipinski definition) is 5. The van der Waals surface area contributed by atoms with Crippen molar-refractivity contribution in [1.29, 1.82) is 0 Å². The molecule has 5 heteroatoms. The average molecular weight is 271 g/mol. The highest BCUT2D eigenvalue weighted by atomic mass is 16.3. The zero-order chi connectivity index (χ0) is 13.5. The maximum absolute atomic E-state index is 9.18. The Morgan fingerprint density at radius 1 is 0.737 bits per heavy atom. The fourth-order valence-corrected chi connectivity index (χ4v) is 3.26. The summed E-state index contributed by atoms with van der Waals surface area (Å²) in [7, 11) is 0. The molecule has 0 saturated carbocycles. The first-order valence-electron chi connectivity index (χ1n) is 7.76. The van der Waals surface area contributed by atoms with Crippen LogP contribution in [0.5, 0.6) is 0 Å². The molecule has 0 aromatic heterocycles. The Morgan fingerprint density at radius 3 is 1.58 bits per heavy atom. The van der Waals surface area contributed by atoms with Crippen LogP contribution in [0.1, 0.15) is 38.5 Å². The number of piperidine rings is 2. The Bertz CT molecular complexity index is 229. The van der Waals surface area contributed by atoms with E-state index in [9.17, 15) is 10.2 Å². The van der Waals surface area contributed by atoms with Crippen molar-refractivity contribution in [2.45, 2.75) is 62.7 Å². The van der Waals surface area contributed by atoms with Crippen molar-refractivity contribution < 1.29 is 10.2 Å². The molecular weight excluding hydrogens is 242 g/mol. The number of aliphatic hydroxyl groups is 2. The number of aliphatic hydroxyl groups excluding tert-OH is 2. The van der Waals surface area contributed by atoms with Crippen LogP contribution in [0.3, 0.4) is 0 Å². The Kier molecular flexibility index (Phi) is 6.53. The molecule has 2 fully saturated rings. The average Bonchev–Trinajstić information content (AvgIpc) is 2.48. The van der Waals surface area contributed by atoms with E-state index in [0.29, 0.717) is 12.1 Å². The molecule has 0 aromatic carbocycles. The summed E-state index contributed by atoms with van der Waals surface area (Å²) in [4.78, 5) is 0. The van der Waals surface area contributed by atoms with Crippen LogP contribution in [-0.4, -0.2) is 60.7 Å². The highest BCUT2D eigenvalue weighted by molar-refractivity contribution is 4.84. The molecule has 4 atom stereocenters. The van der Waals surface area contributed by atoms with Gasteiger partial charge >= 0.3 is 0 Å².